The summed E-state index contributed by atoms with van der Waals surface area (Å²) in [4.78, 5) is 26.5. The lowest BCUT2D eigenvalue weighted by molar-refractivity contribution is 0.111. The number of nitrogens with zero attached hydrogens (tertiary/aromatic N) is 1. The molecule has 1 saturated heterocycles. The fourth-order valence-electron chi connectivity index (χ4n) is 3.06. The summed E-state index contributed by atoms with van der Waals surface area (Å²) in [5.41, 5.74) is 2.01. The van der Waals surface area contributed by atoms with Crippen LogP contribution < -0.4 is 0 Å². The molecule has 1 aliphatic rings. The predicted octanol–water partition coefficient (Wildman–Crippen LogP) is 2.61. The number of aldehydes is 1. The van der Waals surface area contributed by atoms with Gasteiger partial charge in [-0.25, -0.2) is 9.18 Å². The predicted molar refractivity (Wildman–Crippen MR) is 75.4 cm³/mol. The molecular formula is C15H15FN2O3. The van der Waals surface area contributed by atoms with Crippen molar-refractivity contribution < 1.29 is 19.1 Å². The van der Waals surface area contributed by atoms with Crippen molar-refractivity contribution in [3.05, 3.63) is 35.5 Å². The standard InChI is InChI=1S/C15H15FN2O3/c16-9-5-10(18(7-9)15(20)21)6-12-11-3-1-2-4-13(11)17-14(12)8-19/h1-4,8-10,17H,5-7H2,(H,20,21)/t9-,10-/m0/s1. The second-order valence-electron chi connectivity index (χ2n) is 5.31. The van der Waals surface area contributed by atoms with Crippen LogP contribution in [0.4, 0.5) is 9.18 Å². The Hall–Kier alpha value is -2.37. The molecule has 2 atom stereocenters. The number of para-hydroxylation sites is 1. The lowest BCUT2D eigenvalue weighted by Gasteiger charge is -2.20. The number of halogens is 1. The number of carbonyl (C=O) groups is 2. The average molecular weight is 290 g/mol. The monoisotopic (exact) mass is 290 g/mol. The molecule has 110 valence electrons. The number of rotatable bonds is 3. The van der Waals surface area contributed by atoms with Crippen LogP contribution in [0.3, 0.4) is 0 Å². The zero-order valence-corrected chi connectivity index (χ0v) is 11.3. The first kappa shape index (κ1) is 13.6. The van der Waals surface area contributed by atoms with Crippen LogP contribution in [0.15, 0.2) is 24.3 Å². The summed E-state index contributed by atoms with van der Waals surface area (Å²) in [6.07, 6.45) is -1.03. The molecule has 2 aromatic rings. The largest absolute Gasteiger partial charge is 0.465 e. The van der Waals surface area contributed by atoms with Crippen LogP contribution in [-0.2, 0) is 6.42 Å². The number of aromatic nitrogens is 1. The number of hydrogen-bond acceptors (Lipinski definition) is 2. The van der Waals surface area contributed by atoms with Crippen molar-refractivity contribution in [3.63, 3.8) is 0 Å². The Morgan fingerprint density at radius 2 is 2.24 bits per heavy atom. The minimum Gasteiger partial charge on any atom is -0.465 e. The number of carboxylic acid groups (broad SMARTS) is 1. The van der Waals surface area contributed by atoms with E-state index in [4.69, 9.17) is 5.11 Å². The number of H-pyrrole nitrogens is 1. The molecule has 1 fully saturated rings. The SMILES string of the molecule is O=Cc1[nH]c2ccccc2c1C[C@@H]1C[C@H](F)CN1C(=O)O. The summed E-state index contributed by atoms with van der Waals surface area (Å²) in [5, 5.41) is 10.0. The van der Waals surface area contributed by atoms with Gasteiger partial charge >= 0.3 is 6.09 Å². The van der Waals surface area contributed by atoms with Crippen LogP contribution in [0.25, 0.3) is 10.9 Å². The summed E-state index contributed by atoms with van der Waals surface area (Å²) >= 11 is 0. The highest BCUT2D eigenvalue weighted by atomic mass is 19.1. The molecule has 0 unspecified atom stereocenters. The van der Waals surface area contributed by atoms with E-state index in [-0.39, 0.29) is 13.0 Å². The number of likely N-dealkylation sites (tertiary alicyclic amines) is 1. The molecule has 1 aromatic heterocycles. The van der Waals surface area contributed by atoms with Crippen molar-refractivity contribution in [1.29, 1.82) is 0 Å². The van der Waals surface area contributed by atoms with Gasteiger partial charge < -0.3 is 15.0 Å². The number of aromatic amines is 1. The number of nitrogens with one attached hydrogen (secondary N) is 1. The first-order valence-electron chi connectivity index (χ1n) is 6.78. The van der Waals surface area contributed by atoms with Gasteiger partial charge in [0.15, 0.2) is 6.29 Å². The van der Waals surface area contributed by atoms with Crippen LogP contribution in [-0.4, -0.2) is 46.1 Å². The lowest BCUT2D eigenvalue weighted by Crippen LogP contribution is -2.36. The second-order valence-corrected chi connectivity index (χ2v) is 5.31. The molecule has 6 heteroatoms. The lowest BCUT2D eigenvalue weighted by atomic mass is 10.0. The first-order chi connectivity index (χ1) is 10.1. The van der Waals surface area contributed by atoms with Gasteiger partial charge in [-0.05, 0) is 18.1 Å². The summed E-state index contributed by atoms with van der Waals surface area (Å²) < 4.78 is 13.5. The van der Waals surface area contributed by atoms with Gasteiger partial charge in [-0.2, -0.15) is 0 Å². The molecule has 0 radical (unpaired) electrons. The van der Waals surface area contributed by atoms with Gasteiger partial charge in [0.25, 0.3) is 0 Å². The first-order valence-corrected chi connectivity index (χ1v) is 6.78. The van der Waals surface area contributed by atoms with E-state index >= 15 is 0 Å². The van der Waals surface area contributed by atoms with E-state index in [2.05, 4.69) is 4.98 Å². The van der Waals surface area contributed by atoms with E-state index < -0.39 is 18.3 Å². The van der Waals surface area contributed by atoms with E-state index in [0.29, 0.717) is 12.1 Å². The normalized spacial score (nSPS) is 21.9. The number of alkyl halides is 1. The average Bonchev–Trinajstić information content (AvgIpc) is 3.00. The van der Waals surface area contributed by atoms with Crippen LogP contribution in [0.1, 0.15) is 22.5 Å². The molecule has 1 aromatic carbocycles. The third-order valence-corrected chi connectivity index (χ3v) is 4.01. The molecule has 0 saturated carbocycles. The Morgan fingerprint density at radius 1 is 1.48 bits per heavy atom. The van der Waals surface area contributed by atoms with Crippen molar-refractivity contribution in [1.82, 2.24) is 9.88 Å². The Labute approximate surface area is 120 Å². The van der Waals surface area contributed by atoms with E-state index in [0.717, 1.165) is 27.7 Å². The smallest absolute Gasteiger partial charge is 0.407 e. The van der Waals surface area contributed by atoms with Gasteiger partial charge in [0.05, 0.1) is 12.2 Å². The van der Waals surface area contributed by atoms with Crippen molar-refractivity contribution >= 4 is 23.3 Å². The van der Waals surface area contributed by atoms with Gasteiger partial charge in [-0.3, -0.25) is 4.79 Å². The fourth-order valence-corrected chi connectivity index (χ4v) is 3.06. The summed E-state index contributed by atoms with van der Waals surface area (Å²) in [7, 11) is 0. The Morgan fingerprint density at radius 3 is 2.95 bits per heavy atom. The third-order valence-electron chi connectivity index (χ3n) is 4.01. The molecule has 0 aliphatic carbocycles. The van der Waals surface area contributed by atoms with Gasteiger partial charge in [0.2, 0.25) is 0 Å². The van der Waals surface area contributed by atoms with E-state index in [1.165, 1.54) is 0 Å². The third kappa shape index (κ3) is 2.37. The summed E-state index contributed by atoms with van der Waals surface area (Å²) in [5.74, 6) is 0. The Bertz CT molecular complexity index is 697. The Kier molecular flexibility index (Phi) is 3.37. The number of carbonyl (C=O) groups excluding carboxylic acids is 1. The van der Waals surface area contributed by atoms with Crippen LogP contribution in [0.5, 0.6) is 0 Å². The molecule has 21 heavy (non-hydrogen) atoms. The molecule has 2 N–H and O–H groups in total. The molecule has 5 nitrogen and oxygen atoms in total. The van der Waals surface area contributed by atoms with Gasteiger partial charge in [-0.1, -0.05) is 18.2 Å². The fraction of sp³-hybridized carbons (Fsp3) is 0.333. The maximum Gasteiger partial charge on any atom is 0.407 e. The summed E-state index contributed by atoms with van der Waals surface area (Å²) in [6, 6.07) is 7.01. The zero-order chi connectivity index (χ0) is 15.0. The minimum atomic E-state index is -1.14. The highest BCUT2D eigenvalue weighted by Gasteiger charge is 2.36. The second kappa shape index (κ2) is 5.20. The van der Waals surface area contributed by atoms with Crippen molar-refractivity contribution in [2.45, 2.75) is 25.1 Å². The van der Waals surface area contributed by atoms with E-state index in [9.17, 15) is 14.0 Å². The number of benzene rings is 1. The molecule has 0 spiro atoms. The highest BCUT2D eigenvalue weighted by Crippen LogP contribution is 2.28. The van der Waals surface area contributed by atoms with E-state index in [1.807, 2.05) is 24.3 Å². The molecule has 3 rings (SSSR count). The van der Waals surface area contributed by atoms with Gasteiger partial charge in [0, 0.05) is 23.4 Å². The van der Waals surface area contributed by atoms with Crippen LogP contribution in [0, 0.1) is 0 Å². The minimum absolute atomic E-state index is 0.0984. The summed E-state index contributed by atoms with van der Waals surface area (Å²) in [6.45, 7) is -0.0984. The van der Waals surface area contributed by atoms with Gasteiger partial charge in [0.1, 0.15) is 6.17 Å². The van der Waals surface area contributed by atoms with E-state index in [1.54, 1.807) is 0 Å². The molecular weight excluding hydrogens is 275 g/mol. The number of fused-ring (bicyclic) bond motifs is 1. The molecule has 1 amide bonds. The van der Waals surface area contributed by atoms with Gasteiger partial charge in [-0.15, -0.1) is 0 Å². The maximum absolute atomic E-state index is 13.5. The molecule has 1 aliphatic heterocycles. The van der Waals surface area contributed by atoms with Crippen LogP contribution in [0.2, 0.25) is 0 Å². The quantitative estimate of drug-likeness (QED) is 0.853. The van der Waals surface area contributed by atoms with Crippen LogP contribution >= 0.6 is 0 Å². The van der Waals surface area contributed by atoms with Crippen molar-refractivity contribution in [2.24, 2.45) is 0 Å². The molecule has 0 bridgehead atoms. The molecule has 2 heterocycles. The zero-order valence-electron chi connectivity index (χ0n) is 11.3. The maximum atomic E-state index is 13.5. The Balaban J connectivity index is 1.97. The number of amides is 1. The highest BCUT2D eigenvalue weighted by molar-refractivity contribution is 5.92. The van der Waals surface area contributed by atoms with Crippen molar-refractivity contribution in [3.8, 4) is 0 Å². The number of hydrogen-bond donors (Lipinski definition) is 2. The van der Waals surface area contributed by atoms with Crippen molar-refractivity contribution in [2.75, 3.05) is 6.54 Å². The topological polar surface area (TPSA) is 73.4 Å².